The number of hydrazine groups is 1. The number of ether oxygens (including phenoxy) is 1. The van der Waals surface area contributed by atoms with E-state index in [2.05, 4.69) is 10.9 Å². The normalized spacial score (nSPS) is 10.3. The fraction of sp³-hybridized carbons (Fsp3) is 0.0952. The number of aromatic nitrogens is 1. The van der Waals surface area contributed by atoms with Crippen molar-refractivity contribution in [1.29, 1.82) is 0 Å². The summed E-state index contributed by atoms with van der Waals surface area (Å²) in [4.78, 5) is 36.2. The third kappa shape index (κ3) is 5.92. The lowest BCUT2D eigenvalue weighted by Crippen LogP contribution is -2.44. The molecular weight excluding hydrogens is 413 g/mol. The molecule has 2 amide bonds. The predicted molar refractivity (Wildman–Crippen MR) is 109 cm³/mol. The van der Waals surface area contributed by atoms with Gasteiger partial charge in [-0.15, -0.1) is 0 Å². The Kier molecular flexibility index (Phi) is 6.82. The number of benzene rings is 2. The SMILES string of the molecule is O=C(COc1ccc(F)cc1)NNC(=O)c1ccc(=O)n(Cc2ccc(Cl)cc2)c1. The van der Waals surface area contributed by atoms with Crippen molar-refractivity contribution in [3.05, 3.63) is 99.2 Å². The van der Waals surface area contributed by atoms with Crippen molar-refractivity contribution >= 4 is 23.4 Å². The van der Waals surface area contributed by atoms with Gasteiger partial charge in [-0.25, -0.2) is 4.39 Å². The average molecular weight is 430 g/mol. The minimum absolute atomic E-state index is 0.184. The Balaban J connectivity index is 1.55. The first-order chi connectivity index (χ1) is 14.4. The van der Waals surface area contributed by atoms with Gasteiger partial charge >= 0.3 is 0 Å². The van der Waals surface area contributed by atoms with Gasteiger partial charge in [0.15, 0.2) is 6.61 Å². The molecule has 0 atom stereocenters. The Bertz CT molecular complexity index is 1100. The first-order valence-electron chi connectivity index (χ1n) is 8.83. The van der Waals surface area contributed by atoms with Gasteiger partial charge in [-0.3, -0.25) is 25.2 Å². The number of rotatable bonds is 6. The standard InChI is InChI=1S/C21H17ClFN3O4/c22-16-4-1-14(2-5-16)11-26-12-15(3-10-20(26)28)21(29)25-24-19(27)13-30-18-8-6-17(23)7-9-18/h1-10,12H,11,13H2,(H,24,27)(H,25,29). The second-order valence-corrected chi connectivity index (χ2v) is 6.69. The molecule has 0 aliphatic heterocycles. The van der Waals surface area contributed by atoms with Crippen LogP contribution in [0.2, 0.25) is 5.02 Å². The van der Waals surface area contributed by atoms with E-state index in [1.165, 1.54) is 47.2 Å². The number of carbonyl (C=O) groups is 2. The van der Waals surface area contributed by atoms with Gasteiger partial charge in [0.25, 0.3) is 17.4 Å². The number of hydrogen-bond donors (Lipinski definition) is 2. The van der Waals surface area contributed by atoms with Crippen LogP contribution >= 0.6 is 11.6 Å². The topological polar surface area (TPSA) is 89.4 Å². The van der Waals surface area contributed by atoms with Gasteiger partial charge in [-0.1, -0.05) is 23.7 Å². The highest BCUT2D eigenvalue weighted by Crippen LogP contribution is 2.11. The zero-order valence-corrected chi connectivity index (χ0v) is 16.4. The van der Waals surface area contributed by atoms with Gasteiger partial charge in [0, 0.05) is 17.3 Å². The van der Waals surface area contributed by atoms with Crippen molar-refractivity contribution in [1.82, 2.24) is 15.4 Å². The fourth-order valence-electron chi connectivity index (χ4n) is 2.49. The van der Waals surface area contributed by atoms with Crippen molar-refractivity contribution in [3.8, 4) is 5.75 Å². The lowest BCUT2D eigenvalue weighted by Gasteiger charge is -2.11. The summed E-state index contributed by atoms with van der Waals surface area (Å²) in [6.45, 7) is -0.114. The molecule has 0 unspecified atom stereocenters. The average Bonchev–Trinajstić information content (AvgIpc) is 2.74. The van der Waals surface area contributed by atoms with Gasteiger partial charge < -0.3 is 9.30 Å². The second-order valence-electron chi connectivity index (χ2n) is 6.26. The highest BCUT2D eigenvalue weighted by Gasteiger charge is 2.10. The Hall–Kier alpha value is -3.65. The largest absolute Gasteiger partial charge is 0.484 e. The van der Waals surface area contributed by atoms with Gasteiger partial charge in [0.1, 0.15) is 11.6 Å². The van der Waals surface area contributed by atoms with Gasteiger partial charge in [-0.05, 0) is 48.0 Å². The monoisotopic (exact) mass is 429 g/mol. The third-order valence-electron chi connectivity index (χ3n) is 4.01. The smallest absolute Gasteiger partial charge is 0.276 e. The number of nitrogens with zero attached hydrogens (tertiary/aromatic N) is 1. The van der Waals surface area contributed by atoms with Crippen LogP contribution in [0, 0.1) is 5.82 Å². The highest BCUT2D eigenvalue weighted by atomic mass is 35.5. The summed E-state index contributed by atoms with van der Waals surface area (Å²) in [5.41, 5.74) is 5.21. The summed E-state index contributed by atoms with van der Waals surface area (Å²) in [6, 6.07) is 14.8. The fourth-order valence-corrected chi connectivity index (χ4v) is 2.62. The quantitative estimate of drug-likeness (QED) is 0.589. The molecule has 2 N–H and O–H groups in total. The molecule has 0 spiro atoms. The summed E-state index contributed by atoms with van der Waals surface area (Å²) in [5, 5.41) is 0.582. The number of nitrogens with one attached hydrogen (secondary N) is 2. The van der Waals surface area contributed by atoms with Crippen LogP contribution in [0.25, 0.3) is 0 Å². The minimum atomic E-state index is -0.609. The number of amides is 2. The molecule has 154 valence electrons. The van der Waals surface area contributed by atoms with Crippen molar-refractivity contribution in [2.45, 2.75) is 6.54 Å². The van der Waals surface area contributed by atoms with E-state index in [9.17, 15) is 18.8 Å². The molecule has 0 fully saturated rings. The minimum Gasteiger partial charge on any atom is -0.484 e. The number of carbonyl (C=O) groups excluding carboxylic acids is 2. The maximum Gasteiger partial charge on any atom is 0.276 e. The lowest BCUT2D eigenvalue weighted by molar-refractivity contribution is -0.123. The lowest BCUT2D eigenvalue weighted by atomic mass is 10.2. The maximum absolute atomic E-state index is 12.8. The van der Waals surface area contributed by atoms with Crippen LogP contribution in [0.4, 0.5) is 4.39 Å². The Labute approximate surface area is 176 Å². The summed E-state index contributed by atoms with van der Waals surface area (Å²) in [5.74, 6) is -1.32. The van der Waals surface area contributed by atoms with Crippen LogP contribution in [-0.4, -0.2) is 23.0 Å². The molecule has 0 aliphatic carbocycles. The molecule has 0 saturated carbocycles. The first kappa shape index (κ1) is 21.1. The molecule has 1 heterocycles. The number of hydrogen-bond acceptors (Lipinski definition) is 4. The molecule has 0 aliphatic rings. The summed E-state index contributed by atoms with van der Waals surface area (Å²) in [6.07, 6.45) is 1.40. The van der Waals surface area contributed by atoms with Crippen LogP contribution in [0.15, 0.2) is 71.7 Å². The van der Waals surface area contributed by atoms with Crippen molar-refractivity contribution in [3.63, 3.8) is 0 Å². The molecule has 3 rings (SSSR count). The molecule has 30 heavy (non-hydrogen) atoms. The summed E-state index contributed by atoms with van der Waals surface area (Å²) < 4.78 is 19.4. The molecule has 0 saturated heterocycles. The Morgan fingerprint density at radius 1 is 0.967 bits per heavy atom. The molecular formula is C21H17ClFN3O4. The first-order valence-corrected chi connectivity index (χ1v) is 9.21. The molecule has 1 aromatic heterocycles. The zero-order valence-electron chi connectivity index (χ0n) is 15.6. The zero-order chi connectivity index (χ0) is 21.5. The van der Waals surface area contributed by atoms with Crippen LogP contribution in [0.5, 0.6) is 5.75 Å². The summed E-state index contributed by atoms with van der Waals surface area (Å²) >= 11 is 5.86. The van der Waals surface area contributed by atoms with Crippen LogP contribution in [0.3, 0.4) is 0 Å². The van der Waals surface area contributed by atoms with Gasteiger partial charge in [0.05, 0.1) is 12.1 Å². The van der Waals surface area contributed by atoms with E-state index in [4.69, 9.17) is 16.3 Å². The van der Waals surface area contributed by atoms with E-state index >= 15 is 0 Å². The van der Waals surface area contributed by atoms with Gasteiger partial charge in [0.2, 0.25) is 0 Å². The molecule has 3 aromatic rings. The van der Waals surface area contributed by atoms with E-state index < -0.39 is 17.6 Å². The highest BCUT2D eigenvalue weighted by molar-refractivity contribution is 6.30. The number of pyridine rings is 1. The van der Waals surface area contributed by atoms with E-state index in [1.54, 1.807) is 24.3 Å². The summed E-state index contributed by atoms with van der Waals surface area (Å²) in [7, 11) is 0. The van der Waals surface area contributed by atoms with Crippen LogP contribution in [0.1, 0.15) is 15.9 Å². The predicted octanol–water partition coefficient (Wildman–Crippen LogP) is 2.53. The Morgan fingerprint density at radius 2 is 1.67 bits per heavy atom. The molecule has 0 bridgehead atoms. The van der Waals surface area contributed by atoms with Gasteiger partial charge in [-0.2, -0.15) is 0 Å². The number of halogens is 2. The molecule has 7 nitrogen and oxygen atoms in total. The van der Waals surface area contributed by atoms with E-state index in [0.29, 0.717) is 10.8 Å². The van der Waals surface area contributed by atoms with E-state index in [-0.39, 0.29) is 24.3 Å². The van der Waals surface area contributed by atoms with Crippen molar-refractivity contribution in [2.24, 2.45) is 0 Å². The maximum atomic E-state index is 12.8. The van der Waals surface area contributed by atoms with Crippen LogP contribution < -0.4 is 21.1 Å². The van der Waals surface area contributed by atoms with Crippen LogP contribution in [-0.2, 0) is 11.3 Å². The van der Waals surface area contributed by atoms with E-state index in [0.717, 1.165) is 5.56 Å². The molecule has 2 aromatic carbocycles. The second kappa shape index (κ2) is 9.71. The third-order valence-corrected chi connectivity index (χ3v) is 4.26. The Morgan fingerprint density at radius 3 is 2.37 bits per heavy atom. The molecule has 9 heteroatoms. The van der Waals surface area contributed by atoms with E-state index in [1.807, 2.05) is 0 Å². The molecule has 0 radical (unpaired) electrons. The van der Waals surface area contributed by atoms with Crippen molar-refractivity contribution < 1.29 is 18.7 Å². The van der Waals surface area contributed by atoms with Crippen molar-refractivity contribution in [2.75, 3.05) is 6.61 Å².